The van der Waals surface area contributed by atoms with Crippen LogP contribution in [0.5, 0.6) is 0 Å². The first-order valence-corrected chi connectivity index (χ1v) is 5.27. The Morgan fingerprint density at radius 2 is 2.12 bits per heavy atom. The van der Waals surface area contributed by atoms with Gasteiger partial charge in [0.1, 0.15) is 12.2 Å². The molecule has 0 saturated carbocycles. The van der Waals surface area contributed by atoms with Gasteiger partial charge in [0.05, 0.1) is 0 Å². The second-order valence-electron chi connectivity index (χ2n) is 3.57. The molecule has 0 fully saturated rings. The zero-order chi connectivity index (χ0) is 12.7. The molecule has 90 valence electrons. The topological polar surface area (TPSA) is 72.5 Å². The van der Waals surface area contributed by atoms with E-state index in [0.29, 0.717) is 18.4 Å². The van der Waals surface area contributed by atoms with Gasteiger partial charge in [-0.3, -0.25) is 0 Å². The average molecular weight is 233 g/mol. The second-order valence-corrected chi connectivity index (χ2v) is 3.57. The Morgan fingerprint density at radius 1 is 1.47 bits per heavy atom. The second kappa shape index (κ2) is 6.56. The predicted octanol–water partition coefficient (Wildman–Crippen LogP) is 1.60. The molecule has 0 heterocycles. The highest BCUT2D eigenvalue weighted by molar-refractivity contribution is 5.64. The number of amides is 1. The van der Waals surface area contributed by atoms with Crippen LogP contribution in [0, 0.1) is 12.3 Å². The third-order valence-electron chi connectivity index (χ3n) is 2.33. The number of aliphatic hydroxyl groups is 1. The molecule has 3 N–H and O–H groups in total. The summed E-state index contributed by atoms with van der Waals surface area (Å²) in [7, 11) is 0. The van der Waals surface area contributed by atoms with Crippen LogP contribution < -0.4 is 5.73 Å². The first kappa shape index (κ1) is 13.1. The molecule has 1 rings (SSSR count). The molecule has 0 aromatic heterocycles. The van der Waals surface area contributed by atoms with Crippen LogP contribution in [-0.2, 0) is 4.74 Å². The molecule has 4 heteroatoms. The number of carbonyl (C=O) groups excluding carboxylic acids is 1. The standard InChI is InChI=1S/C13H15NO3/c1-2-3-9-11(17-13(14)16)12(15)10-7-5-4-6-8-10/h1,4-8,11-12,15H,3,9H2,(H2,14,16). The SMILES string of the molecule is C#CCCC(OC(N)=O)C(O)c1ccccc1. The number of rotatable bonds is 5. The van der Waals surface area contributed by atoms with E-state index >= 15 is 0 Å². The summed E-state index contributed by atoms with van der Waals surface area (Å²) >= 11 is 0. The molecule has 17 heavy (non-hydrogen) atoms. The lowest BCUT2D eigenvalue weighted by molar-refractivity contribution is 0.00158. The Morgan fingerprint density at radius 3 is 2.65 bits per heavy atom. The maximum atomic E-state index is 10.7. The molecular formula is C13H15NO3. The highest BCUT2D eigenvalue weighted by Gasteiger charge is 2.23. The minimum absolute atomic E-state index is 0.371. The molecule has 1 amide bonds. The van der Waals surface area contributed by atoms with Crippen molar-refractivity contribution in [2.75, 3.05) is 0 Å². The van der Waals surface area contributed by atoms with Crippen molar-refractivity contribution >= 4 is 6.09 Å². The third-order valence-corrected chi connectivity index (χ3v) is 2.33. The lowest BCUT2D eigenvalue weighted by Gasteiger charge is -2.21. The van der Waals surface area contributed by atoms with Crippen LogP contribution in [0.1, 0.15) is 24.5 Å². The van der Waals surface area contributed by atoms with Crippen LogP contribution in [0.4, 0.5) is 4.79 Å². The Labute approximate surface area is 100 Å². The van der Waals surface area contributed by atoms with Crippen molar-refractivity contribution in [3.63, 3.8) is 0 Å². The van der Waals surface area contributed by atoms with E-state index in [2.05, 4.69) is 5.92 Å². The number of terminal acetylenes is 1. The summed E-state index contributed by atoms with van der Waals surface area (Å²) in [6, 6.07) is 8.92. The highest BCUT2D eigenvalue weighted by atomic mass is 16.6. The fourth-order valence-corrected chi connectivity index (χ4v) is 1.52. The molecular weight excluding hydrogens is 218 g/mol. The molecule has 4 nitrogen and oxygen atoms in total. The van der Waals surface area contributed by atoms with Crippen molar-refractivity contribution in [3.8, 4) is 12.3 Å². The van der Waals surface area contributed by atoms with E-state index in [9.17, 15) is 9.90 Å². The average Bonchev–Trinajstić information content (AvgIpc) is 2.34. The molecule has 0 aliphatic carbocycles. The molecule has 0 bridgehead atoms. The van der Waals surface area contributed by atoms with Crippen molar-refractivity contribution < 1.29 is 14.6 Å². The summed E-state index contributed by atoms with van der Waals surface area (Å²) in [5, 5.41) is 10.1. The van der Waals surface area contributed by atoms with Crippen LogP contribution in [0.2, 0.25) is 0 Å². The van der Waals surface area contributed by atoms with Crippen molar-refractivity contribution in [2.45, 2.75) is 25.0 Å². The van der Waals surface area contributed by atoms with Crippen molar-refractivity contribution in [1.82, 2.24) is 0 Å². The highest BCUT2D eigenvalue weighted by Crippen LogP contribution is 2.22. The van der Waals surface area contributed by atoms with Gasteiger partial charge in [0.2, 0.25) is 0 Å². The van der Waals surface area contributed by atoms with Crippen LogP contribution in [0.25, 0.3) is 0 Å². The van der Waals surface area contributed by atoms with Gasteiger partial charge in [-0.1, -0.05) is 30.3 Å². The van der Waals surface area contributed by atoms with Gasteiger partial charge in [-0.15, -0.1) is 12.3 Å². The minimum Gasteiger partial charge on any atom is -0.443 e. The number of nitrogens with two attached hydrogens (primary N) is 1. The van der Waals surface area contributed by atoms with E-state index in [4.69, 9.17) is 16.9 Å². The van der Waals surface area contributed by atoms with Gasteiger partial charge in [-0.25, -0.2) is 4.79 Å². The van der Waals surface area contributed by atoms with E-state index in [1.165, 1.54) is 0 Å². The smallest absolute Gasteiger partial charge is 0.404 e. The molecule has 0 radical (unpaired) electrons. The van der Waals surface area contributed by atoms with Gasteiger partial charge in [0, 0.05) is 6.42 Å². The molecule has 0 aliphatic rings. The molecule has 2 atom stereocenters. The maximum Gasteiger partial charge on any atom is 0.404 e. The van der Waals surface area contributed by atoms with Gasteiger partial charge in [0.15, 0.2) is 0 Å². The summed E-state index contributed by atoms with van der Waals surface area (Å²) in [4.78, 5) is 10.7. The Hall–Kier alpha value is -1.99. The Bertz CT molecular complexity index is 397. The first-order chi connectivity index (χ1) is 8.15. The van der Waals surface area contributed by atoms with Gasteiger partial charge >= 0.3 is 6.09 Å². The quantitative estimate of drug-likeness (QED) is 0.759. The number of benzene rings is 1. The predicted molar refractivity (Wildman–Crippen MR) is 63.9 cm³/mol. The summed E-state index contributed by atoms with van der Waals surface area (Å²) in [6.07, 6.45) is 3.37. The van der Waals surface area contributed by atoms with E-state index in [1.54, 1.807) is 24.3 Å². The maximum absolute atomic E-state index is 10.7. The van der Waals surface area contributed by atoms with Crippen LogP contribution >= 0.6 is 0 Å². The van der Waals surface area contributed by atoms with Gasteiger partial charge in [0.25, 0.3) is 0 Å². The number of aliphatic hydroxyl groups excluding tert-OH is 1. The summed E-state index contributed by atoms with van der Waals surface area (Å²) < 4.78 is 4.86. The normalized spacial score (nSPS) is 13.4. The monoisotopic (exact) mass is 233 g/mol. The Balaban J connectivity index is 2.75. The molecule has 0 saturated heterocycles. The molecule has 0 spiro atoms. The first-order valence-electron chi connectivity index (χ1n) is 5.27. The zero-order valence-electron chi connectivity index (χ0n) is 9.37. The lowest BCUT2D eigenvalue weighted by Crippen LogP contribution is -2.28. The molecule has 2 unspecified atom stereocenters. The summed E-state index contributed by atoms with van der Waals surface area (Å²) in [6.45, 7) is 0. The van der Waals surface area contributed by atoms with Crippen molar-refractivity contribution in [1.29, 1.82) is 0 Å². The van der Waals surface area contributed by atoms with Crippen molar-refractivity contribution in [3.05, 3.63) is 35.9 Å². The Kier molecular flexibility index (Phi) is 5.05. The summed E-state index contributed by atoms with van der Waals surface area (Å²) in [5.74, 6) is 2.43. The fourth-order valence-electron chi connectivity index (χ4n) is 1.52. The molecule has 0 aliphatic heterocycles. The van der Waals surface area contributed by atoms with Crippen molar-refractivity contribution in [2.24, 2.45) is 5.73 Å². The lowest BCUT2D eigenvalue weighted by atomic mass is 10.0. The van der Waals surface area contributed by atoms with E-state index < -0.39 is 18.3 Å². The zero-order valence-corrected chi connectivity index (χ0v) is 9.37. The van der Waals surface area contributed by atoms with E-state index in [-0.39, 0.29) is 0 Å². The third kappa shape index (κ3) is 4.17. The van der Waals surface area contributed by atoms with Crippen LogP contribution in [-0.4, -0.2) is 17.3 Å². The molecule has 1 aromatic rings. The van der Waals surface area contributed by atoms with Gasteiger partial charge in [-0.2, -0.15) is 0 Å². The van der Waals surface area contributed by atoms with Gasteiger partial charge in [-0.05, 0) is 12.0 Å². The summed E-state index contributed by atoms with van der Waals surface area (Å²) in [5.41, 5.74) is 5.62. The van der Waals surface area contributed by atoms with E-state index in [1.807, 2.05) is 6.07 Å². The number of primary amides is 1. The van der Waals surface area contributed by atoms with Crippen LogP contribution in [0.15, 0.2) is 30.3 Å². The van der Waals surface area contributed by atoms with E-state index in [0.717, 1.165) is 0 Å². The molecule has 1 aromatic carbocycles. The van der Waals surface area contributed by atoms with Crippen LogP contribution in [0.3, 0.4) is 0 Å². The number of carbonyl (C=O) groups is 1. The van der Waals surface area contributed by atoms with Gasteiger partial charge < -0.3 is 15.6 Å². The number of hydrogen-bond donors (Lipinski definition) is 2. The number of ether oxygens (including phenoxy) is 1. The minimum atomic E-state index is -0.919. The number of hydrogen-bond acceptors (Lipinski definition) is 3. The fraction of sp³-hybridized carbons (Fsp3) is 0.308. The largest absolute Gasteiger partial charge is 0.443 e.